The molecular weight excluding hydrogens is 390 g/mol. The molecule has 31 heavy (non-hydrogen) atoms. The normalized spacial score (nSPS) is 19.5. The molecule has 9 heteroatoms. The molecule has 1 atom stereocenters. The molecule has 2 saturated heterocycles. The Morgan fingerprint density at radius 2 is 1.90 bits per heavy atom. The second-order valence-electron chi connectivity index (χ2n) is 8.77. The van der Waals surface area contributed by atoms with Crippen LogP contribution < -0.4 is 20.4 Å². The predicted octanol–water partition coefficient (Wildman–Crippen LogP) is 2.94. The Bertz CT molecular complexity index is 1050. The van der Waals surface area contributed by atoms with E-state index in [1.165, 1.54) is 12.8 Å². The van der Waals surface area contributed by atoms with E-state index in [0.29, 0.717) is 6.04 Å². The van der Waals surface area contributed by atoms with Gasteiger partial charge in [-0.15, -0.1) is 0 Å². The highest BCUT2D eigenvalue weighted by molar-refractivity contribution is 5.81. The quantitative estimate of drug-likeness (QED) is 0.650. The van der Waals surface area contributed by atoms with Crippen molar-refractivity contribution in [2.24, 2.45) is 0 Å². The summed E-state index contributed by atoms with van der Waals surface area (Å²) < 4.78 is 2.02. The minimum atomic E-state index is 0.286. The highest BCUT2D eigenvalue weighted by Gasteiger charge is 2.25. The van der Waals surface area contributed by atoms with Gasteiger partial charge in [0, 0.05) is 68.5 Å². The molecule has 3 aromatic rings. The monoisotopic (exact) mass is 421 g/mol. The van der Waals surface area contributed by atoms with E-state index >= 15 is 0 Å². The van der Waals surface area contributed by atoms with Gasteiger partial charge in [0.25, 0.3) is 0 Å². The largest absolute Gasteiger partial charge is 0.354 e. The predicted molar refractivity (Wildman–Crippen MR) is 124 cm³/mol. The fraction of sp³-hybridized carbons (Fsp3) is 0.545. The van der Waals surface area contributed by atoms with Gasteiger partial charge in [-0.25, -0.2) is 4.98 Å². The number of piperazine rings is 1. The summed E-state index contributed by atoms with van der Waals surface area (Å²) in [6.45, 7) is 11.4. The second-order valence-corrected chi connectivity index (χ2v) is 8.77. The Labute approximate surface area is 182 Å². The minimum Gasteiger partial charge on any atom is -0.354 e. The topological polar surface area (TPSA) is 87.0 Å². The van der Waals surface area contributed by atoms with Crippen LogP contribution in [0.1, 0.15) is 39.7 Å². The third-order valence-corrected chi connectivity index (χ3v) is 6.18. The van der Waals surface area contributed by atoms with Gasteiger partial charge in [0.1, 0.15) is 17.5 Å². The number of nitrogens with zero attached hydrogens (tertiary/aromatic N) is 7. The third kappa shape index (κ3) is 4.01. The maximum atomic E-state index is 4.95. The van der Waals surface area contributed by atoms with E-state index < -0.39 is 0 Å². The van der Waals surface area contributed by atoms with Crippen molar-refractivity contribution in [3.63, 3.8) is 0 Å². The lowest BCUT2D eigenvalue weighted by Gasteiger charge is -2.30. The fourth-order valence-electron chi connectivity index (χ4n) is 4.45. The lowest BCUT2D eigenvalue weighted by Crippen LogP contribution is -2.44. The summed E-state index contributed by atoms with van der Waals surface area (Å²) in [5, 5.41) is 12.4. The fourth-order valence-corrected chi connectivity index (χ4v) is 4.45. The first-order valence-corrected chi connectivity index (χ1v) is 11.3. The maximum absolute atomic E-state index is 4.95. The van der Waals surface area contributed by atoms with Gasteiger partial charge in [-0.3, -0.25) is 4.68 Å². The number of aromatic nitrogens is 5. The van der Waals surface area contributed by atoms with E-state index in [9.17, 15) is 0 Å². The van der Waals surface area contributed by atoms with Crippen LogP contribution in [0.15, 0.2) is 24.5 Å². The van der Waals surface area contributed by atoms with Crippen molar-refractivity contribution >= 4 is 34.3 Å². The minimum absolute atomic E-state index is 0.286. The number of pyridine rings is 1. The van der Waals surface area contributed by atoms with E-state index in [-0.39, 0.29) is 6.04 Å². The summed E-state index contributed by atoms with van der Waals surface area (Å²) >= 11 is 0. The second kappa shape index (κ2) is 8.30. The molecule has 2 aliphatic heterocycles. The van der Waals surface area contributed by atoms with Crippen molar-refractivity contribution in [1.29, 1.82) is 0 Å². The lowest BCUT2D eigenvalue weighted by atomic mass is 10.2. The number of hydrogen-bond donors (Lipinski definition) is 2. The molecule has 5 rings (SSSR count). The van der Waals surface area contributed by atoms with Crippen LogP contribution in [-0.4, -0.2) is 63.5 Å². The van der Waals surface area contributed by atoms with Gasteiger partial charge >= 0.3 is 0 Å². The molecule has 2 fully saturated rings. The van der Waals surface area contributed by atoms with Crippen molar-refractivity contribution in [3.05, 3.63) is 24.5 Å². The van der Waals surface area contributed by atoms with Crippen LogP contribution in [0.5, 0.6) is 0 Å². The van der Waals surface area contributed by atoms with E-state index in [2.05, 4.69) is 51.3 Å². The van der Waals surface area contributed by atoms with E-state index in [0.717, 1.165) is 67.0 Å². The van der Waals surface area contributed by atoms with Gasteiger partial charge in [0.15, 0.2) is 0 Å². The van der Waals surface area contributed by atoms with Gasteiger partial charge in [0.05, 0.1) is 11.7 Å². The number of fused-ring (bicyclic) bond motifs is 1. The molecule has 3 aromatic heterocycles. The molecule has 5 heterocycles. The molecule has 0 radical (unpaired) electrons. The van der Waals surface area contributed by atoms with E-state index in [1.807, 2.05) is 29.2 Å². The molecule has 0 amide bonds. The van der Waals surface area contributed by atoms with Crippen LogP contribution in [0.25, 0.3) is 10.9 Å². The summed E-state index contributed by atoms with van der Waals surface area (Å²) in [6, 6.07) is 4.84. The molecule has 164 valence electrons. The summed E-state index contributed by atoms with van der Waals surface area (Å²) in [4.78, 5) is 19.1. The number of hydrogen-bond acceptors (Lipinski definition) is 8. The number of anilines is 4. The van der Waals surface area contributed by atoms with Crippen molar-refractivity contribution in [2.75, 3.05) is 47.8 Å². The lowest BCUT2D eigenvalue weighted by molar-refractivity contribution is 0.551. The average Bonchev–Trinajstić information content (AvgIpc) is 3.40. The Morgan fingerprint density at radius 3 is 2.65 bits per heavy atom. The molecule has 0 aliphatic carbocycles. The smallest absolute Gasteiger partial charge is 0.229 e. The molecular formula is C22H31N9. The summed E-state index contributed by atoms with van der Waals surface area (Å²) in [6.07, 6.45) is 6.10. The third-order valence-electron chi connectivity index (χ3n) is 6.18. The van der Waals surface area contributed by atoms with Crippen molar-refractivity contribution < 1.29 is 0 Å². The van der Waals surface area contributed by atoms with Crippen molar-refractivity contribution in [3.8, 4) is 0 Å². The maximum Gasteiger partial charge on any atom is 0.229 e. The van der Waals surface area contributed by atoms with Gasteiger partial charge in [-0.1, -0.05) is 0 Å². The standard InChI is InChI=1S/C22H31N9/c1-15(2)31-18-11-19(24-13-17(18)14-25-31)26-20-12-21(29-9-6-23-7-10-29)28-22(27-20)30-8-4-5-16(30)3/h11-16,23H,4-10H2,1-3H3,(H,24,26,27,28). The first kappa shape index (κ1) is 20.0. The molecule has 1 unspecified atom stereocenters. The summed E-state index contributed by atoms with van der Waals surface area (Å²) in [5.41, 5.74) is 1.07. The Balaban J connectivity index is 1.50. The number of nitrogens with one attached hydrogen (secondary N) is 2. The Morgan fingerprint density at radius 1 is 1.06 bits per heavy atom. The van der Waals surface area contributed by atoms with Crippen LogP contribution in [-0.2, 0) is 0 Å². The highest BCUT2D eigenvalue weighted by Crippen LogP contribution is 2.28. The average molecular weight is 422 g/mol. The SMILES string of the molecule is CC1CCCN1c1nc(Nc2cc3c(cn2)cnn3C(C)C)cc(N2CCNCC2)n1. The molecule has 9 nitrogen and oxygen atoms in total. The zero-order valence-electron chi connectivity index (χ0n) is 18.5. The van der Waals surface area contributed by atoms with E-state index in [1.54, 1.807) is 0 Å². The van der Waals surface area contributed by atoms with Crippen molar-refractivity contribution in [2.45, 2.75) is 45.7 Å². The zero-order valence-corrected chi connectivity index (χ0v) is 18.5. The summed E-state index contributed by atoms with van der Waals surface area (Å²) in [7, 11) is 0. The molecule has 0 aromatic carbocycles. The van der Waals surface area contributed by atoms with Crippen LogP contribution >= 0.6 is 0 Å². The Hall–Kier alpha value is -2.94. The van der Waals surface area contributed by atoms with Gasteiger partial charge in [0.2, 0.25) is 5.95 Å². The van der Waals surface area contributed by atoms with E-state index in [4.69, 9.17) is 9.97 Å². The first-order valence-electron chi connectivity index (χ1n) is 11.3. The van der Waals surface area contributed by atoms with Gasteiger partial charge < -0.3 is 20.4 Å². The summed E-state index contributed by atoms with van der Waals surface area (Å²) in [5.74, 6) is 3.32. The van der Waals surface area contributed by atoms with Crippen LogP contribution in [0.3, 0.4) is 0 Å². The van der Waals surface area contributed by atoms with Crippen LogP contribution in [0.4, 0.5) is 23.4 Å². The van der Waals surface area contributed by atoms with Gasteiger partial charge in [-0.05, 0) is 33.6 Å². The van der Waals surface area contributed by atoms with Gasteiger partial charge in [-0.2, -0.15) is 15.1 Å². The highest BCUT2D eigenvalue weighted by atomic mass is 15.3. The molecule has 0 spiro atoms. The first-order chi connectivity index (χ1) is 15.1. The van der Waals surface area contributed by atoms with Crippen LogP contribution in [0.2, 0.25) is 0 Å². The zero-order chi connectivity index (χ0) is 21.4. The molecule has 0 saturated carbocycles. The van der Waals surface area contributed by atoms with Crippen molar-refractivity contribution in [1.82, 2.24) is 30.0 Å². The Kier molecular flexibility index (Phi) is 5.35. The molecule has 0 bridgehead atoms. The van der Waals surface area contributed by atoms with Crippen LogP contribution in [0, 0.1) is 0 Å². The number of rotatable bonds is 5. The molecule has 2 N–H and O–H groups in total. The molecule has 2 aliphatic rings.